The molecule has 1 aromatic heterocycles. The molecule has 0 bridgehead atoms. The van der Waals surface area contributed by atoms with E-state index in [4.69, 9.17) is 10.1 Å². The van der Waals surface area contributed by atoms with Gasteiger partial charge in [-0.05, 0) is 26.0 Å². The molecular formula is C17H19N5O4. The second-order valence-corrected chi connectivity index (χ2v) is 6.07. The fraction of sp³-hybridized carbons (Fsp3) is 0.294. The van der Waals surface area contributed by atoms with Crippen molar-refractivity contribution in [2.45, 2.75) is 19.4 Å². The summed E-state index contributed by atoms with van der Waals surface area (Å²) in [6, 6.07) is 8.56. The van der Waals surface area contributed by atoms with E-state index in [2.05, 4.69) is 20.8 Å². The molecule has 0 fully saturated rings. The number of rotatable bonds is 6. The van der Waals surface area contributed by atoms with Gasteiger partial charge in [-0.15, -0.1) is 0 Å². The van der Waals surface area contributed by atoms with Crippen LogP contribution in [0.1, 0.15) is 29.8 Å². The number of amides is 1. The van der Waals surface area contributed by atoms with Gasteiger partial charge in [0.2, 0.25) is 5.88 Å². The van der Waals surface area contributed by atoms with Crippen molar-refractivity contribution in [3.8, 4) is 23.3 Å². The van der Waals surface area contributed by atoms with E-state index in [1.807, 2.05) is 6.07 Å². The summed E-state index contributed by atoms with van der Waals surface area (Å²) in [5.41, 5.74) is 1.72. The molecule has 0 aliphatic carbocycles. The van der Waals surface area contributed by atoms with Crippen LogP contribution in [0.25, 0.3) is 11.4 Å². The molecule has 1 amide bonds. The number of nitrogens with one attached hydrogen (secondary N) is 2. The van der Waals surface area contributed by atoms with Crippen LogP contribution in [0.3, 0.4) is 0 Å². The number of anilines is 1. The topological polar surface area (TPSA) is 140 Å². The third-order valence-corrected chi connectivity index (χ3v) is 3.19. The molecule has 0 saturated heterocycles. The van der Waals surface area contributed by atoms with E-state index in [0.717, 1.165) is 0 Å². The zero-order valence-electron chi connectivity index (χ0n) is 14.6. The van der Waals surface area contributed by atoms with Gasteiger partial charge in [0.15, 0.2) is 5.82 Å². The van der Waals surface area contributed by atoms with Gasteiger partial charge in [0.05, 0.1) is 17.2 Å². The Morgan fingerprint density at radius 3 is 2.73 bits per heavy atom. The lowest BCUT2D eigenvalue weighted by Crippen LogP contribution is -2.33. The molecule has 26 heavy (non-hydrogen) atoms. The lowest BCUT2D eigenvalue weighted by molar-refractivity contribution is -0.0523. The minimum atomic E-state index is -1.13. The average Bonchev–Trinajstić information content (AvgIpc) is 2.59. The van der Waals surface area contributed by atoms with Crippen LogP contribution in [0.4, 0.5) is 5.82 Å². The Labute approximate surface area is 150 Å². The van der Waals surface area contributed by atoms with Crippen molar-refractivity contribution in [3.05, 3.63) is 35.4 Å². The predicted molar refractivity (Wildman–Crippen MR) is 93.1 cm³/mol. The lowest BCUT2D eigenvalue weighted by atomic mass is 10.1. The highest BCUT2D eigenvalue weighted by Gasteiger charge is 2.22. The Bertz CT molecular complexity index is 855. The summed E-state index contributed by atoms with van der Waals surface area (Å²) >= 11 is 0. The van der Waals surface area contributed by atoms with E-state index in [1.165, 1.54) is 20.9 Å². The SMILES string of the molecule is CNc1nc(-c2cccc(C#N)c2)nc(O)c1C(=O)NOCC(C)(C)O. The summed E-state index contributed by atoms with van der Waals surface area (Å²) in [6.45, 7) is 2.89. The summed E-state index contributed by atoms with van der Waals surface area (Å²) in [4.78, 5) is 25.3. The maximum Gasteiger partial charge on any atom is 0.284 e. The van der Waals surface area contributed by atoms with Gasteiger partial charge in [-0.2, -0.15) is 10.2 Å². The molecule has 9 heteroatoms. The molecule has 2 aromatic rings. The number of aromatic hydroxyl groups is 1. The van der Waals surface area contributed by atoms with Gasteiger partial charge < -0.3 is 15.5 Å². The molecule has 0 saturated carbocycles. The van der Waals surface area contributed by atoms with Gasteiger partial charge in [0, 0.05) is 12.6 Å². The molecule has 1 heterocycles. The Balaban J connectivity index is 2.32. The maximum absolute atomic E-state index is 12.2. The van der Waals surface area contributed by atoms with E-state index < -0.39 is 17.4 Å². The third-order valence-electron chi connectivity index (χ3n) is 3.19. The number of carbonyl (C=O) groups excluding carboxylic acids is 1. The zero-order chi connectivity index (χ0) is 19.3. The van der Waals surface area contributed by atoms with Gasteiger partial charge in [-0.3, -0.25) is 9.63 Å². The van der Waals surface area contributed by atoms with Gasteiger partial charge in [0.1, 0.15) is 18.0 Å². The van der Waals surface area contributed by atoms with Crippen molar-refractivity contribution in [1.29, 1.82) is 5.26 Å². The highest BCUT2D eigenvalue weighted by Crippen LogP contribution is 2.26. The van der Waals surface area contributed by atoms with Gasteiger partial charge in [-0.1, -0.05) is 12.1 Å². The largest absolute Gasteiger partial charge is 0.493 e. The minimum Gasteiger partial charge on any atom is -0.493 e. The van der Waals surface area contributed by atoms with Crippen molar-refractivity contribution < 1.29 is 19.8 Å². The normalized spacial score (nSPS) is 10.9. The summed E-state index contributed by atoms with van der Waals surface area (Å²) in [7, 11) is 1.53. The highest BCUT2D eigenvalue weighted by atomic mass is 16.7. The van der Waals surface area contributed by atoms with Crippen LogP contribution in [-0.4, -0.2) is 45.3 Å². The Morgan fingerprint density at radius 1 is 1.38 bits per heavy atom. The van der Waals surface area contributed by atoms with Crippen molar-refractivity contribution in [3.63, 3.8) is 0 Å². The van der Waals surface area contributed by atoms with Gasteiger partial charge in [-0.25, -0.2) is 10.5 Å². The van der Waals surface area contributed by atoms with Gasteiger partial charge in [0.25, 0.3) is 5.91 Å². The number of hydrogen-bond acceptors (Lipinski definition) is 8. The maximum atomic E-state index is 12.2. The number of carbonyl (C=O) groups is 1. The van der Waals surface area contributed by atoms with E-state index in [-0.39, 0.29) is 23.8 Å². The zero-order valence-corrected chi connectivity index (χ0v) is 14.6. The molecule has 0 aliphatic heterocycles. The van der Waals surface area contributed by atoms with E-state index in [1.54, 1.807) is 24.3 Å². The highest BCUT2D eigenvalue weighted by molar-refractivity contribution is 6.00. The number of nitrogens with zero attached hydrogens (tertiary/aromatic N) is 3. The molecule has 0 unspecified atom stereocenters. The van der Waals surface area contributed by atoms with Crippen LogP contribution in [0.2, 0.25) is 0 Å². The Morgan fingerprint density at radius 2 is 2.12 bits per heavy atom. The van der Waals surface area contributed by atoms with E-state index in [0.29, 0.717) is 11.1 Å². The second kappa shape index (κ2) is 7.77. The predicted octanol–water partition coefficient (Wildman–Crippen LogP) is 1.19. The number of aliphatic hydroxyl groups is 1. The van der Waals surface area contributed by atoms with E-state index in [9.17, 15) is 15.0 Å². The third kappa shape index (κ3) is 4.66. The molecule has 1 aromatic carbocycles. The molecule has 9 nitrogen and oxygen atoms in total. The minimum absolute atomic E-state index is 0.0826. The van der Waals surface area contributed by atoms with Crippen LogP contribution >= 0.6 is 0 Å². The molecule has 2 rings (SSSR count). The quantitative estimate of drug-likeness (QED) is 0.565. The fourth-order valence-electron chi connectivity index (χ4n) is 2.03. The molecule has 0 spiro atoms. The summed E-state index contributed by atoms with van der Waals surface area (Å²) in [6.07, 6.45) is 0. The first-order valence-electron chi connectivity index (χ1n) is 7.69. The molecule has 0 aliphatic rings. The smallest absolute Gasteiger partial charge is 0.284 e. The fourth-order valence-corrected chi connectivity index (χ4v) is 2.03. The Kier molecular flexibility index (Phi) is 5.71. The average molecular weight is 357 g/mol. The molecule has 0 radical (unpaired) electrons. The van der Waals surface area contributed by atoms with Crippen molar-refractivity contribution in [2.75, 3.05) is 19.0 Å². The number of hydroxylamine groups is 1. The molecule has 136 valence electrons. The van der Waals surface area contributed by atoms with Crippen molar-refractivity contribution >= 4 is 11.7 Å². The summed E-state index contributed by atoms with van der Waals surface area (Å²) in [5.74, 6) is -1.09. The lowest BCUT2D eigenvalue weighted by Gasteiger charge is -2.17. The number of aromatic nitrogens is 2. The first-order chi connectivity index (χ1) is 12.2. The summed E-state index contributed by atoms with van der Waals surface area (Å²) in [5, 5.41) is 31.5. The monoisotopic (exact) mass is 357 g/mol. The molecule has 4 N–H and O–H groups in total. The van der Waals surface area contributed by atoms with Gasteiger partial charge >= 0.3 is 0 Å². The molecular weight excluding hydrogens is 338 g/mol. The van der Waals surface area contributed by atoms with Crippen LogP contribution in [0.15, 0.2) is 24.3 Å². The number of nitriles is 1. The van der Waals surface area contributed by atoms with Crippen LogP contribution in [0, 0.1) is 11.3 Å². The molecule has 0 atom stereocenters. The van der Waals surface area contributed by atoms with Crippen LogP contribution in [-0.2, 0) is 4.84 Å². The van der Waals surface area contributed by atoms with Crippen molar-refractivity contribution in [2.24, 2.45) is 0 Å². The van der Waals surface area contributed by atoms with Crippen LogP contribution in [0.5, 0.6) is 5.88 Å². The van der Waals surface area contributed by atoms with Crippen LogP contribution < -0.4 is 10.8 Å². The standard InChI is InChI=1S/C17H19N5O4/c1-17(2,25)9-26-22-16(24)12-14(19-3)20-13(21-15(12)23)11-6-4-5-10(7-11)8-18/h4-7,25H,9H2,1-3H3,(H,22,24)(H2,19,20,21,23). The number of benzene rings is 1. The summed E-state index contributed by atoms with van der Waals surface area (Å²) < 4.78 is 0. The first kappa shape index (κ1) is 19.1. The Hall–Kier alpha value is -3.22. The van der Waals surface area contributed by atoms with Crippen molar-refractivity contribution in [1.82, 2.24) is 15.4 Å². The number of hydrogen-bond donors (Lipinski definition) is 4. The second-order valence-electron chi connectivity index (χ2n) is 6.07. The first-order valence-corrected chi connectivity index (χ1v) is 7.69. The van der Waals surface area contributed by atoms with E-state index >= 15 is 0 Å².